The van der Waals surface area contributed by atoms with Gasteiger partial charge in [0.1, 0.15) is 0 Å². The molecular formula is C13H11ClN2. The maximum Gasteiger partial charge on any atom is 0.0992 e. The Morgan fingerprint density at radius 1 is 1.50 bits per heavy atom. The molecule has 0 amide bonds. The molecule has 0 saturated carbocycles. The van der Waals surface area contributed by atoms with Crippen molar-refractivity contribution in [3.63, 3.8) is 0 Å². The molecule has 0 aliphatic heterocycles. The minimum Gasteiger partial charge on any atom is -0.343 e. The summed E-state index contributed by atoms with van der Waals surface area (Å²) in [4.78, 5) is 0. The van der Waals surface area contributed by atoms with Crippen LogP contribution < -0.4 is 0 Å². The van der Waals surface area contributed by atoms with Gasteiger partial charge in [-0.2, -0.15) is 5.26 Å². The number of benzene rings is 1. The van der Waals surface area contributed by atoms with Gasteiger partial charge in [-0.15, -0.1) is 0 Å². The normalized spacial score (nSPS) is 11.7. The van der Waals surface area contributed by atoms with E-state index in [4.69, 9.17) is 16.9 Å². The largest absolute Gasteiger partial charge is 0.343 e. The molecule has 0 fully saturated rings. The number of fused-ring (bicyclic) bond motifs is 1. The van der Waals surface area contributed by atoms with E-state index >= 15 is 0 Å². The van der Waals surface area contributed by atoms with E-state index < -0.39 is 0 Å². The van der Waals surface area contributed by atoms with Crippen LogP contribution in [0.1, 0.15) is 12.5 Å². The first-order valence-electron chi connectivity index (χ1n) is 4.99. The highest BCUT2D eigenvalue weighted by Gasteiger charge is 2.02. The quantitative estimate of drug-likeness (QED) is 0.774. The SMILES string of the molecule is C/C(=C/Cl)Cn1ccc2ccc(C#N)cc21. The van der Waals surface area contributed by atoms with Crippen molar-refractivity contribution < 1.29 is 0 Å². The van der Waals surface area contributed by atoms with E-state index in [1.54, 1.807) is 5.54 Å². The van der Waals surface area contributed by atoms with Crippen LogP contribution in [0.2, 0.25) is 0 Å². The lowest BCUT2D eigenvalue weighted by atomic mass is 10.2. The van der Waals surface area contributed by atoms with Crippen molar-refractivity contribution in [3.05, 3.63) is 47.1 Å². The van der Waals surface area contributed by atoms with Gasteiger partial charge in [0.15, 0.2) is 0 Å². The number of nitrogens with zero attached hydrogens (tertiary/aromatic N) is 2. The molecule has 0 N–H and O–H groups in total. The summed E-state index contributed by atoms with van der Waals surface area (Å²) in [7, 11) is 0. The van der Waals surface area contributed by atoms with Gasteiger partial charge in [-0.05, 0) is 36.1 Å². The molecule has 16 heavy (non-hydrogen) atoms. The standard InChI is InChI=1S/C13H11ClN2/c1-10(7-14)9-16-5-4-12-3-2-11(8-15)6-13(12)16/h2-7H,9H2,1H3/b10-7-. The molecule has 3 heteroatoms. The molecule has 0 unspecified atom stereocenters. The third-order valence-electron chi connectivity index (χ3n) is 2.51. The lowest BCUT2D eigenvalue weighted by molar-refractivity contribution is 0.821. The number of allylic oxidation sites excluding steroid dienone is 1. The summed E-state index contributed by atoms with van der Waals surface area (Å²) in [5.74, 6) is 0. The number of rotatable bonds is 2. The molecule has 1 heterocycles. The fraction of sp³-hybridized carbons (Fsp3) is 0.154. The molecule has 0 spiro atoms. The molecule has 0 radical (unpaired) electrons. The number of aromatic nitrogens is 1. The van der Waals surface area contributed by atoms with Crippen LogP contribution >= 0.6 is 11.6 Å². The van der Waals surface area contributed by atoms with Gasteiger partial charge in [0.05, 0.1) is 11.6 Å². The second-order valence-electron chi connectivity index (χ2n) is 3.78. The predicted molar refractivity (Wildman–Crippen MR) is 66.3 cm³/mol. The van der Waals surface area contributed by atoms with E-state index in [1.807, 2.05) is 37.4 Å². The maximum absolute atomic E-state index is 8.86. The molecule has 80 valence electrons. The third kappa shape index (κ3) is 1.95. The van der Waals surface area contributed by atoms with Crippen molar-refractivity contribution in [1.82, 2.24) is 4.57 Å². The summed E-state index contributed by atoms with van der Waals surface area (Å²) in [5.41, 5.74) is 4.42. The Bertz CT molecular complexity index is 587. The highest BCUT2D eigenvalue weighted by molar-refractivity contribution is 6.25. The third-order valence-corrected chi connectivity index (χ3v) is 2.88. The number of halogens is 1. The van der Waals surface area contributed by atoms with E-state index in [0.717, 1.165) is 23.0 Å². The number of hydrogen-bond donors (Lipinski definition) is 0. The molecule has 2 nitrogen and oxygen atoms in total. The Labute approximate surface area is 99.4 Å². The van der Waals surface area contributed by atoms with Gasteiger partial charge in [-0.1, -0.05) is 17.7 Å². The summed E-state index contributed by atoms with van der Waals surface area (Å²) in [5, 5.41) is 10.0. The molecule has 2 aromatic rings. The molecule has 0 bridgehead atoms. The Balaban J connectivity index is 2.51. The van der Waals surface area contributed by atoms with Crippen molar-refractivity contribution in [2.24, 2.45) is 0 Å². The average molecular weight is 231 g/mol. The van der Waals surface area contributed by atoms with Gasteiger partial charge in [-0.3, -0.25) is 0 Å². The Morgan fingerprint density at radius 2 is 2.31 bits per heavy atom. The van der Waals surface area contributed by atoms with E-state index in [9.17, 15) is 0 Å². The van der Waals surface area contributed by atoms with Crippen LogP contribution in [-0.2, 0) is 6.54 Å². The maximum atomic E-state index is 8.86. The van der Waals surface area contributed by atoms with Gasteiger partial charge < -0.3 is 4.57 Å². The second-order valence-corrected chi connectivity index (χ2v) is 4.00. The topological polar surface area (TPSA) is 28.7 Å². The monoisotopic (exact) mass is 230 g/mol. The van der Waals surface area contributed by atoms with Crippen molar-refractivity contribution in [2.45, 2.75) is 13.5 Å². The molecule has 2 rings (SSSR count). The number of hydrogen-bond acceptors (Lipinski definition) is 1. The summed E-state index contributed by atoms with van der Waals surface area (Å²) in [6.07, 6.45) is 2.01. The Morgan fingerprint density at radius 3 is 3.00 bits per heavy atom. The van der Waals surface area contributed by atoms with Gasteiger partial charge in [0, 0.05) is 23.8 Å². The molecule has 0 aliphatic rings. The summed E-state index contributed by atoms with van der Waals surface area (Å²) < 4.78 is 2.09. The molecule has 0 aliphatic carbocycles. The van der Waals surface area contributed by atoms with Crippen LogP contribution in [0.3, 0.4) is 0 Å². The van der Waals surface area contributed by atoms with E-state index in [-0.39, 0.29) is 0 Å². The smallest absolute Gasteiger partial charge is 0.0992 e. The Hall–Kier alpha value is -1.72. The first kappa shape index (κ1) is 10.8. The highest BCUT2D eigenvalue weighted by atomic mass is 35.5. The average Bonchev–Trinajstić information content (AvgIpc) is 2.71. The van der Waals surface area contributed by atoms with Crippen LogP contribution in [-0.4, -0.2) is 4.57 Å². The fourth-order valence-corrected chi connectivity index (χ4v) is 1.76. The summed E-state index contributed by atoms with van der Waals surface area (Å²) in [6, 6.07) is 9.88. The summed E-state index contributed by atoms with van der Waals surface area (Å²) in [6.45, 7) is 2.73. The van der Waals surface area contributed by atoms with Gasteiger partial charge >= 0.3 is 0 Å². The van der Waals surface area contributed by atoms with Crippen LogP contribution in [0.4, 0.5) is 0 Å². The zero-order chi connectivity index (χ0) is 11.5. The molecular weight excluding hydrogens is 220 g/mol. The number of nitriles is 1. The van der Waals surface area contributed by atoms with Crippen LogP contribution in [0.15, 0.2) is 41.6 Å². The zero-order valence-corrected chi connectivity index (χ0v) is 9.70. The lowest BCUT2D eigenvalue weighted by Gasteiger charge is -2.04. The minimum absolute atomic E-state index is 0.681. The zero-order valence-electron chi connectivity index (χ0n) is 8.94. The van der Waals surface area contributed by atoms with Gasteiger partial charge in [-0.25, -0.2) is 0 Å². The molecule has 1 aromatic heterocycles. The van der Waals surface area contributed by atoms with Crippen LogP contribution in [0.25, 0.3) is 10.9 Å². The first-order valence-corrected chi connectivity index (χ1v) is 5.43. The summed E-state index contributed by atoms with van der Waals surface area (Å²) >= 11 is 5.65. The van der Waals surface area contributed by atoms with E-state index in [2.05, 4.69) is 10.6 Å². The van der Waals surface area contributed by atoms with Crippen LogP contribution in [0, 0.1) is 11.3 Å². The first-order chi connectivity index (χ1) is 7.74. The second kappa shape index (κ2) is 4.42. The van der Waals surface area contributed by atoms with Crippen molar-refractivity contribution >= 4 is 22.5 Å². The molecule has 1 aromatic carbocycles. The van der Waals surface area contributed by atoms with Crippen molar-refractivity contribution in [3.8, 4) is 6.07 Å². The fourth-order valence-electron chi connectivity index (χ4n) is 1.69. The van der Waals surface area contributed by atoms with Gasteiger partial charge in [0.2, 0.25) is 0 Å². The van der Waals surface area contributed by atoms with Crippen LogP contribution in [0.5, 0.6) is 0 Å². The van der Waals surface area contributed by atoms with Crippen molar-refractivity contribution in [2.75, 3.05) is 0 Å². The lowest BCUT2D eigenvalue weighted by Crippen LogP contribution is -1.96. The van der Waals surface area contributed by atoms with Crippen molar-refractivity contribution in [1.29, 1.82) is 5.26 Å². The van der Waals surface area contributed by atoms with Gasteiger partial charge in [0.25, 0.3) is 0 Å². The highest BCUT2D eigenvalue weighted by Crippen LogP contribution is 2.18. The predicted octanol–water partition coefficient (Wildman–Crippen LogP) is 3.66. The minimum atomic E-state index is 0.681. The van der Waals surface area contributed by atoms with E-state index in [1.165, 1.54) is 0 Å². The molecule has 0 atom stereocenters. The Kier molecular flexibility index (Phi) is 2.98. The van der Waals surface area contributed by atoms with E-state index in [0.29, 0.717) is 5.56 Å². The molecule has 0 saturated heterocycles.